The normalized spacial score (nSPS) is 12.1. The molecule has 0 aliphatic heterocycles. The summed E-state index contributed by atoms with van der Waals surface area (Å²) in [6.45, 7) is -0.168. The van der Waals surface area contributed by atoms with Crippen LogP contribution in [0.3, 0.4) is 0 Å². The molecule has 2 rings (SSSR count). The van der Waals surface area contributed by atoms with Crippen molar-refractivity contribution in [3.8, 4) is 5.75 Å². The highest BCUT2D eigenvalue weighted by Crippen LogP contribution is 2.26. The van der Waals surface area contributed by atoms with Crippen molar-refractivity contribution in [3.05, 3.63) is 46.6 Å². The summed E-state index contributed by atoms with van der Waals surface area (Å²) in [5.41, 5.74) is -0.160. The Morgan fingerprint density at radius 2 is 1.91 bits per heavy atom. The molecule has 1 unspecified atom stereocenters. The molecule has 1 aromatic carbocycles. The predicted octanol–water partition coefficient (Wildman–Crippen LogP) is 3.36. The second-order valence-corrected chi connectivity index (χ2v) is 4.76. The lowest BCUT2D eigenvalue weighted by Crippen LogP contribution is -2.15. The van der Waals surface area contributed by atoms with Crippen LogP contribution in [0.1, 0.15) is 11.7 Å². The van der Waals surface area contributed by atoms with Gasteiger partial charge in [0.2, 0.25) is 5.28 Å². The first-order chi connectivity index (χ1) is 11.0. The maximum absolute atomic E-state index is 13.8. The molecule has 0 amide bonds. The maximum Gasteiger partial charge on any atom is 0.224 e. The van der Waals surface area contributed by atoms with Gasteiger partial charge in [0.1, 0.15) is 18.5 Å². The van der Waals surface area contributed by atoms with Crippen LogP contribution in [0.5, 0.6) is 5.75 Å². The molecule has 0 fully saturated rings. The van der Waals surface area contributed by atoms with E-state index >= 15 is 0 Å². The Labute approximate surface area is 135 Å². The Balaban J connectivity index is 2.19. The zero-order valence-corrected chi connectivity index (χ0v) is 13.0. The monoisotopic (exact) mass is 347 g/mol. The van der Waals surface area contributed by atoms with E-state index in [1.54, 1.807) is 7.05 Å². The molecule has 0 saturated heterocycles. The third kappa shape index (κ3) is 4.02. The highest BCUT2D eigenvalue weighted by atomic mass is 35.5. The van der Waals surface area contributed by atoms with E-state index in [9.17, 15) is 13.2 Å². The SMILES string of the molecule is CNc1nc(Cl)ncc1OCC(OC)c1cc(F)c(F)cc1F. The Kier molecular flexibility index (Phi) is 5.62. The number of aromatic nitrogens is 2. The maximum atomic E-state index is 13.8. The van der Waals surface area contributed by atoms with Crippen LogP contribution in [-0.4, -0.2) is 30.7 Å². The van der Waals surface area contributed by atoms with Crippen LogP contribution in [0.15, 0.2) is 18.3 Å². The second kappa shape index (κ2) is 7.47. The summed E-state index contributed by atoms with van der Waals surface area (Å²) < 4.78 is 50.6. The minimum absolute atomic E-state index is 0.0247. The van der Waals surface area contributed by atoms with Crippen molar-refractivity contribution < 1.29 is 22.6 Å². The van der Waals surface area contributed by atoms with Gasteiger partial charge in [0, 0.05) is 25.8 Å². The standard InChI is InChI=1S/C14H13ClF3N3O2/c1-19-13-11(5-20-14(15)21-13)23-6-12(22-2)7-3-9(17)10(18)4-8(7)16/h3-5,12H,6H2,1-2H3,(H,19,20,21). The lowest BCUT2D eigenvalue weighted by Gasteiger charge is -2.18. The van der Waals surface area contributed by atoms with Crippen molar-refractivity contribution in [3.63, 3.8) is 0 Å². The number of benzene rings is 1. The summed E-state index contributed by atoms with van der Waals surface area (Å²) >= 11 is 5.67. The Hall–Kier alpha value is -2.06. The Bertz CT molecular complexity index is 703. The molecular weight excluding hydrogens is 335 g/mol. The first kappa shape index (κ1) is 17.3. The lowest BCUT2D eigenvalue weighted by molar-refractivity contribution is 0.0546. The molecule has 1 N–H and O–H groups in total. The van der Waals surface area contributed by atoms with E-state index < -0.39 is 23.6 Å². The minimum atomic E-state index is -1.27. The fourth-order valence-corrected chi connectivity index (χ4v) is 2.00. The molecule has 124 valence electrons. The van der Waals surface area contributed by atoms with Gasteiger partial charge in [-0.2, -0.15) is 4.98 Å². The molecule has 23 heavy (non-hydrogen) atoms. The van der Waals surface area contributed by atoms with Gasteiger partial charge in [-0.25, -0.2) is 18.2 Å². The van der Waals surface area contributed by atoms with E-state index in [0.29, 0.717) is 11.9 Å². The van der Waals surface area contributed by atoms with E-state index in [-0.39, 0.29) is 23.2 Å². The van der Waals surface area contributed by atoms with Gasteiger partial charge in [0.05, 0.1) is 6.20 Å². The summed E-state index contributed by atoms with van der Waals surface area (Å²) in [6, 6.07) is 1.20. The van der Waals surface area contributed by atoms with Crippen LogP contribution in [-0.2, 0) is 4.74 Å². The molecule has 0 aliphatic rings. The topological polar surface area (TPSA) is 56.3 Å². The molecule has 1 heterocycles. The van der Waals surface area contributed by atoms with Gasteiger partial charge in [-0.1, -0.05) is 0 Å². The summed E-state index contributed by atoms with van der Waals surface area (Å²) in [7, 11) is 2.90. The number of hydrogen-bond donors (Lipinski definition) is 1. The van der Waals surface area contributed by atoms with Crippen LogP contribution in [0.4, 0.5) is 19.0 Å². The fraction of sp³-hybridized carbons (Fsp3) is 0.286. The lowest BCUT2D eigenvalue weighted by atomic mass is 10.1. The molecule has 0 radical (unpaired) electrons. The molecular formula is C14H13ClF3N3O2. The van der Waals surface area contributed by atoms with E-state index in [4.69, 9.17) is 21.1 Å². The van der Waals surface area contributed by atoms with Crippen molar-refractivity contribution in [2.45, 2.75) is 6.10 Å². The van der Waals surface area contributed by atoms with E-state index in [0.717, 1.165) is 6.07 Å². The van der Waals surface area contributed by atoms with Crippen LogP contribution in [0.25, 0.3) is 0 Å². The zero-order chi connectivity index (χ0) is 17.0. The smallest absolute Gasteiger partial charge is 0.224 e. The number of halogens is 4. The fourth-order valence-electron chi connectivity index (χ4n) is 1.87. The summed E-state index contributed by atoms with van der Waals surface area (Å²) in [4.78, 5) is 7.68. The van der Waals surface area contributed by atoms with Crippen molar-refractivity contribution >= 4 is 17.4 Å². The van der Waals surface area contributed by atoms with Crippen LogP contribution in [0.2, 0.25) is 5.28 Å². The molecule has 1 atom stereocenters. The van der Waals surface area contributed by atoms with Gasteiger partial charge in [0.15, 0.2) is 23.2 Å². The molecule has 2 aromatic rings. The molecule has 9 heteroatoms. The van der Waals surface area contributed by atoms with Crippen LogP contribution < -0.4 is 10.1 Å². The van der Waals surface area contributed by atoms with Gasteiger partial charge in [-0.05, 0) is 17.7 Å². The molecule has 5 nitrogen and oxygen atoms in total. The number of hydrogen-bond acceptors (Lipinski definition) is 5. The van der Waals surface area contributed by atoms with E-state index in [1.165, 1.54) is 13.3 Å². The molecule has 1 aromatic heterocycles. The number of rotatable bonds is 6. The Morgan fingerprint density at radius 1 is 1.22 bits per heavy atom. The zero-order valence-electron chi connectivity index (χ0n) is 12.2. The third-order valence-corrected chi connectivity index (χ3v) is 3.21. The van der Waals surface area contributed by atoms with Gasteiger partial charge in [-0.3, -0.25) is 0 Å². The third-order valence-electron chi connectivity index (χ3n) is 3.02. The van der Waals surface area contributed by atoms with Gasteiger partial charge < -0.3 is 14.8 Å². The highest BCUT2D eigenvalue weighted by molar-refractivity contribution is 6.28. The quantitative estimate of drug-likeness (QED) is 0.641. The predicted molar refractivity (Wildman–Crippen MR) is 78.1 cm³/mol. The van der Waals surface area contributed by atoms with Crippen molar-refractivity contribution in [1.29, 1.82) is 0 Å². The summed E-state index contributed by atoms with van der Waals surface area (Å²) in [5.74, 6) is -2.80. The van der Waals surface area contributed by atoms with E-state index in [2.05, 4.69) is 15.3 Å². The molecule has 0 spiro atoms. The van der Waals surface area contributed by atoms with Crippen molar-refractivity contribution in [1.82, 2.24) is 9.97 Å². The number of ether oxygens (including phenoxy) is 2. The first-order valence-corrected chi connectivity index (χ1v) is 6.84. The minimum Gasteiger partial charge on any atom is -0.485 e. The van der Waals surface area contributed by atoms with Crippen molar-refractivity contribution in [2.24, 2.45) is 0 Å². The second-order valence-electron chi connectivity index (χ2n) is 4.43. The van der Waals surface area contributed by atoms with Crippen LogP contribution in [0, 0.1) is 17.5 Å². The number of anilines is 1. The first-order valence-electron chi connectivity index (χ1n) is 6.46. The molecule has 0 bridgehead atoms. The van der Waals surface area contributed by atoms with Gasteiger partial charge >= 0.3 is 0 Å². The average Bonchev–Trinajstić information content (AvgIpc) is 2.53. The molecule has 0 saturated carbocycles. The largest absolute Gasteiger partial charge is 0.485 e. The Morgan fingerprint density at radius 3 is 2.57 bits per heavy atom. The van der Waals surface area contributed by atoms with Crippen molar-refractivity contribution in [2.75, 3.05) is 26.1 Å². The number of methoxy groups -OCH3 is 1. The number of nitrogens with zero attached hydrogens (tertiary/aromatic N) is 2. The van der Waals surface area contributed by atoms with Gasteiger partial charge in [-0.15, -0.1) is 0 Å². The van der Waals surface area contributed by atoms with E-state index in [1.807, 2.05) is 0 Å². The number of nitrogens with one attached hydrogen (secondary N) is 1. The summed E-state index contributed by atoms with van der Waals surface area (Å²) in [6.07, 6.45) is 0.376. The summed E-state index contributed by atoms with van der Waals surface area (Å²) in [5, 5.41) is 2.79. The highest BCUT2D eigenvalue weighted by Gasteiger charge is 2.20. The molecule has 0 aliphatic carbocycles. The van der Waals surface area contributed by atoms with Gasteiger partial charge in [0.25, 0.3) is 0 Å². The average molecular weight is 348 g/mol. The van der Waals surface area contributed by atoms with Crippen LogP contribution >= 0.6 is 11.6 Å².